The van der Waals surface area contributed by atoms with Crippen molar-refractivity contribution in [3.05, 3.63) is 71.3 Å². The molecule has 20 heavy (non-hydrogen) atoms. The van der Waals surface area contributed by atoms with Crippen molar-refractivity contribution in [3.8, 4) is 0 Å². The lowest BCUT2D eigenvalue weighted by Gasteiger charge is -1.97. The van der Waals surface area contributed by atoms with Gasteiger partial charge in [0.05, 0.1) is 0 Å². The number of benzene rings is 2. The molecule has 0 N–H and O–H groups in total. The Bertz CT molecular complexity index is 611. The first-order valence-electron chi connectivity index (χ1n) is 6.08. The maximum atomic E-state index is 9.04. The van der Waals surface area contributed by atoms with Crippen LogP contribution in [0.5, 0.6) is 0 Å². The van der Waals surface area contributed by atoms with E-state index in [9.17, 15) is 0 Å². The Morgan fingerprint density at radius 3 is 2.10 bits per heavy atom. The first kappa shape index (κ1) is 16.5. The second-order valence-corrected chi connectivity index (χ2v) is 5.21. The van der Waals surface area contributed by atoms with E-state index in [1.807, 2.05) is 30.3 Å². The fraction of sp³-hybridized carbons (Fsp3) is 0.125. The number of thiol groups is 1. The molecule has 0 bridgehead atoms. The van der Waals surface area contributed by atoms with Gasteiger partial charge in [0, 0.05) is 12.1 Å². The fourth-order valence-electron chi connectivity index (χ4n) is 1.54. The molecule has 106 valence electrons. The van der Waals surface area contributed by atoms with Crippen LogP contribution >= 0.6 is 11.6 Å². The quantitative estimate of drug-likeness (QED) is 0.531. The average molecular weight is 309 g/mol. The summed E-state index contributed by atoms with van der Waals surface area (Å²) in [5.41, 5.74) is 3.54. The average Bonchev–Trinajstić information content (AvgIpc) is 2.46. The summed E-state index contributed by atoms with van der Waals surface area (Å²) in [6, 6.07) is 18.5. The molecule has 0 aliphatic rings. The Morgan fingerprint density at radius 1 is 0.950 bits per heavy atom. The molecular formula is C16H17ClO2S. The molecule has 0 spiro atoms. The molecule has 2 rings (SSSR count). The van der Waals surface area contributed by atoms with Crippen LogP contribution in [0.4, 0.5) is 0 Å². The second-order valence-electron chi connectivity index (χ2n) is 4.06. The van der Waals surface area contributed by atoms with Gasteiger partial charge in [-0.2, -0.15) is 0 Å². The summed E-state index contributed by atoms with van der Waals surface area (Å²) >= 11 is 5.79. The first-order valence-corrected chi connectivity index (χ1v) is 8.24. The zero-order chi connectivity index (χ0) is 14.8. The van der Waals surface area contributed by atoms with Crippen LogP contribution in [0, 0.1) is 0 Å². The maximum Gasteiger partial charge on any atom is 0.137 e. The van der Waals surface area contributed by atoms with Gasteiger partial charge in [-0.25, -0.2) is 8.42 Å². The monoisotopic (exact) mass is 308 g/mol. The SMILES string of the molecule is C[SH](=O)=O.ClCc1cccc(C=Cc2ccccc2)c1. The summed E-state index contributed by atoms with van der Waals surface area (Å²) in [4.78, 5) is 0. The summed E-state index contributed by atoms with van der Waals surface area (Å²) in [5, 5.41) is 0. The number of alkyl halides is 1. The number of halogens is 1. The molecule has 4 heteroatoms. The van der Waals surface area contributed by atoms with Gasteiger partial charge in [-0.05, 0) is 16.7 Å². The minimum atomic E-state index is -2.12. The Balaban J connectivity index is 0.000000444. The van der Waals surface area contributed by atoms with Crippen LogP contribution in [0.1, 0.15) is 16.7 Å². The predicted octanol–water partition coefficient (Wildman–Crippen LogP) is 3.82. The van der Waals surface area contributed by atoms with E-state index in [1.165, 1.54) is 11.1 Å². The van der Waals surface area contributed by atoms with Gasteiger partial charge < -0.3 is 0 Å². The summed E-state index contributed by atoms with van der Waals surface area (Å²) in [5.74, 6) is 0.563. The van der Waals surface area contributed by atoms with Crippen LogP contribution < -0.4 is 0 Å². The molecule has 0 saturated carbocycles. The first-order chi connectivity index (χ1) is 9.61. The van der Waals surface area contributed by atoms with Gasteiger partial charge in [-0.15, -0.1) is 11.6 Å². The molecule has 0 fully saturated rings. The van der Waals surface area contributed by atoms with Crippen molar-refractivity contribution in [2.24, 2.45) is 0 Å². The van der Waals surface area contributed by atoms with Crippen molar-refractivity contribution in [1.29, 1.82) is 0 Å². The lowest BCUT2D eigenvalue weighted by atomic mass is 10.1. The van der Waals surface area contributed by atoms with Gasteiger partial charge in [0.1, 0.15) is 10.7 Å². The Kier molecular flexibility index (Phi) is 7.70. The number of hydrogen-bond acceptors (Lipinski definition) is 2. The summed E-state index contributed by atoms with van der Waals surface area (Å²) in [7, 11) is -2.12. The highest BCUT2D eigenvalue weighted by atomic mass is 35.5. The molecule has 0 saturated heterocycles. The summed E-state index contributed by atoms with van der Waals surface area (Å²) in [6.45, 7) is 0. The van der Waals surface area contributed by atoms with Gasteiger partial charge in [0.15, 0.2) is 0 Å². The highest BCUT2D eigenvalue weighted by Crippen LogP contribution is 2.11. The predicted molar refractivity (Wildman–Crippen MR) is 87.6 cm³/mol. The normalized spacial score (nSPS) is 10.3. The molecule has 2 nitrogen and oxygen atoms in total. The van der Waals surface area contributed by atoms with Gasteiger partial charge >= 0.3 is 0 Å². The third-order valence-electron chi connectivity index (χ3n) is 2.37. The van der Waals surface area contributed by atoms with Crippen molar-refractivity contribution in [3.63, 3.8) is 0 Å². The van der Waals surface area contributed by atoms with E-state index in [1.54, 1.807) is 0 Å². The van der Waals surface area contributed by atoms with Crippen LogP contribution in [0.2, 0.25) is 0 Å². The van der Waals surface area contributed by atoms with Crippen LogP contribution in [0.25, 0.3) is 12.2 Å². The molecule has 0 aliphatic heterocycles. The molecule has 0 atom stereocenters. The number of rotatable bonds is 3. The Labute approximate surface area is 126 Å². The lowest BCUT2D eigenvalue weighted by molar-refractivity contribution is 0.619. The smallest absolute Gasteiger partial charge is 0.137 e. The molecular weight excluding hydrogens is 292 g/mol. The lowest BCUT2D eigenvalue weighted by Crippen LogP contribution is -1.78. The van der Waals surface area contributed by atoms with E-state index in [-0.39, 0.29) is 0 Å². The van der Waals surface area contributed by atoms with Gasteiger partial charge in [-0.3, -0.25) is 0 Å². The Hall–Kier alpha value is -1.58. The molecule has 0 unspecified atom stereocenters. The molecule has 0 heterocycles. The van der Waals surface area contributed by atoms with Crippen molar-refractivity contribution >= 4 is 34.5 Å². The van der Waals surface area contributed by atoms with Crippen LogP contribution in [-0.2, 0) is 16.6 Å². The maximum absolute atomic E-state index is 9.04. The van der Waals surface area contributed by atoms with Gasteiger partial charge in [0.2, 0.25) is 0 Å². The van der Waals surface area contributed by atoms with Crippen LogP contribution in [-0.4, -0.2) is 14.7 Å². The third kappa shape index (κ3) is 7.12. The van der Waals surface area contributed by atoms with E-state index >= 15 is 0 Å². The molecule has 0 radical (unpaired) electrons. The molecule has 0 amide bonds. The van der Waals surface area contributed by atoms with E-state index in [0.29, 0.717) is 5.88 Å². The zero-order valence-electron chi connectivity index (χ0n) is 11.2. The highest BCUT2D eigenvalue weighted by molar-refractivity contribution is 7.71. The van der Waals surface area contributed by atoms with Crippen LogP contribution in [0.15, 0.2) is 54.6 Å². The molecule has 2 aromatic carbocycles. The fourth-order valence-corrected chi connectivity index (χ4v) is 1.70. The van der Waals surface area contributed by atoms with E-state index in [4.69, 9.17) is 20.0 Å². The minimum absolute atomic E-state index is 0.563. The van der Waals surface area contributed by atoms with E-state index < -0.39 is 10.7 Å². The van der Waals surface area contributed by atoms with Crippen molar-refractivity contribution in [1.82, 2.24) is 0 Å². The second kappa shape index (κ2) is 9.34. The van der Waals surface area contributed by atoms with Gasteiger partial charge in [-0.1, -0.05) is 66.7 Å². The zero-order valence-corrected chi connectivity index (χ0v) is 12.8. The van der Waals surface area contributed by atoms with Crippen molar-refractivity contribution < 1.29 is 8.42 Å². The topological polar surface area (TPSA) is 34.1 Å². The van der Waals surface area contributed by atoms with Gasteiger partial charge in [0.25, 0.3) is 0 Å². The summed E-state index contributed by atoms with van der Waals surface area (Å²) < 4.78 is 18.1. The van der Waals surface area contributed by atoms with E-state index in [0.717, 1.165) is 11.8 Å². The third-order valence-corrected chi connectivity index (χ3v) is 2.68. The molecule has 2 aromatic rings. The highest BCUT2D eigenvalue weighted by Gasteiger charge is 1.91. The van der Waals surface area contributed by atoms with Crippen molar-refractivity contribution in [2.75, 3.05) is 6.26 Å². The minimum Gasteiger partial charge on any atom is -0.232 e. The standard InChI is InChI=1S/C15H13Cl.CH4O2S/c16-12-15-8-4-7-14(11-15)10-9-13-5-2-1-3-6-13;1-4(2)3/h1-11H,12H2;4H,1H3. The summed E-state index contributed by atoms with van der Waals surface area (Å²) in [6.07, 6.45) is 5.33. The Morgan fingerprint density at radius 2 is 1.50 bits per heavy atom. The largest absolute Gasteiger partial charge is 0.232 e. The van der Waals surface area contributed by atoms with E-state index in [2.05, 4.69) is 36.4 Å². The van der Waals surface area contributed by atoms with Crippen LogP contribution in [0.3, 0.4) is 0 Å². The van der Waals surface area contributed by atoms with Crippen molar-refractivity contribution in [2.45, 2.75) is 5.88 Å². The molecule has 0 aliphatic carbocycles. The number of hydrogen-bond donors (Lipinski definition) is 1. The molecule has 0 aromatic heterocycles.